The third-order valence-corrected chi connectivity index (χ3v) is 5.81. The zero-order chi connectivity index (χ0) is 18.1. The number of fused-ring (bicyclic) bond motifs is 1. The molecule has 25 heavy (non-hydrogen) atoms. The smallest absolute Gasteiger partial charge is 0.360 e. The summed E-state index contributed by atoms with van der Waals surface area (Å²) in [6.07, 6.45) is 1.50. The summed E-state index contributed by atoms with van der Waals surface area (Å²) in [5, 5.41) is 10.9. The van der Waals surface area contributed by atoms with Gasteiger partial charge in [0.25, 0.3) is 0 Å². The number of aromatic hydroxyl groups is 1. The van der Waals surface area contributed by atoms with Crippen LogP contribution in [0.15, 0.2) is 39.5 Å². The molecular formula is C17H13Br2FN2O3. The Balaban J connectivity index is 2.11. The van der Waals surface area contributed by atoms with Crippen LogP contribution in [0.2, 0.25) is 0 Å². The molecule has 130 valence electrons. The average molecular weight is 472 g/mol. The van der Waals surface area contributed by atoms with Gasteiger partial charge in [0.05, 0.1) is 28.2 Å². The molecule has 0 radical (unpaired) electrons. The van der Waals surface area contributed by atoms with Crippen molar-refractivity contribution in [3.05, 3.63) is 56.6 Å². The highest BCUT2D eigenvalue weighted by atomic mass is 79.9. The minimum absolute atomic E-state index is 0.138. The van der Waals surface area contributed by atoms with Crippen LogP contribution >= 0.6 is 31.9 Å². The Morgan fingerprint density at radius 1 is 1.32 bits per heavy atom. The van der Waals surface area contributed by atoms with Gasteiger partial charge in [-0.2, -0.15) is 0 Å². The summed E-state index contributed by atoms with van der Waals surface area (Å²) in [6.45, 7) is 2.30. The first-order valence-electron chi connectivity index (χ1n) is 7.40. The molecule has 0 amide bonds. The summed E-state index contributed by atoms with van der Waals surface area (Å²) in [5.41, 5.74) is 1.36. The van der Waals surface area contributed by atoms with E-state index in [0.717, 1.165) is 5.56 Å². The number of benzene rings is 1. The van der Waals surface area contributed by atoms with Gasteiger partial charge < -0.3 is 14.4 Å². The molecule has 5 nitrogen and oxygen atoms in total. The third kappa shape index (κ3) is 3.28. The van der Waals surface area contributed by atoms with Crippen LogP contribution < -0.4 is 0 Å². The summed E-state index contributed by atoms with van der Waals surface area (Å²) >= 11 is 6.91. The summed E-state index contributed by atoms with van der Waals surface area (Å²) in [6, 6.07) is 6.14. The van der Waals surface area contributed by atoms with Gasteiger partial charge in [0.15, 0.2) is 11.4 Å². The number of ether oxygens (including phenoxy) is 1. The van der Waals surface area contributed by atoms with E-state index in [1.54, 1.807) is 19.1 Å². The fourth-order valence-corrected chi connectivity index (χ4v) is 3.63. The molecule has 0 aliphatic heterocycles. The summed E-state index contributed by atoms with van der Waals surface area (Å²) in [5.74, 6) is -1.24. The number of carbonyl (C=O) groups is 1. The highest BCUT2D eigenvalue weighted by Gasteiger charge is 2.23. The third-order valence-electron chi connectivity index (χ3n) is 3.68. The van der Waals surface area contributed by atoms with Crippen molar-refractivity contribution in [2.24, 2.45) is 0 Å². The summed E-state index contributed by atoms with van der Waals surface area (Å²) in [4.78, 5) is 16.0. The Morgan fingerprint density at radius 2 is 2.00 bits per heavy atom. The molecule has 8 heteroatoms. The van der Waals surface area contributed by atoms with Crippen molar-refractivity contribution >= 4 is 48.7 Å². The van der Waals surface area contributed by atoms with E-state index in [-0.39, 0.29) is 23.9 Å². The zero-order valence-corrected chi connectivity index (χ0v) is 16.3. The molecule has 3 rings (SSSR count). The number of nitrogens with zero attached hydrogens (tertiary/aromatic N) is 2. The van der Waals surface area contributed by atoms with Gasteiger partial charge in [-0.05, 0) is 56.5 Å². The average Bonchev–Trinajstić information content (AvgIpc) is 2.83. The van der Waals surface area contributed by atoms with Crippen LogP contribution in [-0.4, -0.2) is 27.2 Å². The lowest BCUT2D eigenvalue weighted by molar-refractivity contribution is 0.0516. The second-order valence-electron chi connectivity index (χ2n) is 5.25. The predicted octanol–water partition coefficient (Wildman–Crippen LogP) is 4.63. The topological polar surface area (TPSA) is 64.3 Å². The molecule has 0 atom stereocenters. The van der Waals surface area contributed by atoms with Gasteiger partial charge in [-0.1, -0.05) is 12.1 Å². The SMILES string of the molecule is CCOC(=O)c1ncc2c(c1O)c(Br)c(Br)n2Cc1ccc(F)cc1. The molecule has 0 aliphatic rings. The van der Waals surface area contributed by atoms with Crippen LogP contribution in [0.1, 0.15) is 23.0 Å². The highest BCUT2D eigenvalue weighted by Crippen LogP contribution is 2.41. The van der Waals surface area contributed by atoms with E-state index in [4.69, 9.17) is 4.74 Å². The van der Waals surface area contributed by atoms with Gasteiger partial charge in [-0.3, -0.25) is 0 Å². The first-order chi connectivity index (χ1) is 11.9. The van der Waals surface area contributed by atoms with Crippen LogP contribution in [0.5, 0.6) is 5.75 Å². The number of pyridine rings is 1. The molecular weight excluding hydrogens is 459 g/mol. The molecule has 0 bridgehead atoms. The van der Waals surface area contributed by atoms with Crippen molar-refractivity contribution in [1.29, 1.82) is 0 Å². The normalized spacial score (nSPS) is 11.0. The van der Waals surface area contributed by atoms with E-state index >= 15 is 0 Å². The molecule has 0 saturated carbocycles. The first kappa shape index (κ1) is 17.9. The van der Waals surface area contributed by atoms with Gasteiger partial charge in [-0.15, -0.1) is 0 Å². The maximum atomic E-state index is 13.1. The van der Waals surface area contributed by atoms with Gasteiger partial charge in [0.2, 0.25) is 0 Å². The van der Waals surface area contributed by atoms with E-state index in [0.29, 0.717) is 26.5 Å². The number of halogens is 3. The molecule has 0 unspecified atom stereocenters. The molecule has 0 spiro atoms. The van der Waals surface area contributed by atoms with Gasteiger partial charge in [0, 0.05) is 6.54 Å². The number of hydrogen-bond donors (Lipinski definition) is 1. The highest BCUT2D eigenvalue weighted by molar-refractivity contribution is 9.13. The molecule has 0 aliphatic carbocycles. The lowest BCUT2D eigenvalue weighted by atomic mass is 10.2. The lowest BCUT2D eigenvalue weighted by Crippen LogP contribution is -2.08. The Kier molecular flexibility index (Phi) is 5.10. The number of hydrogen-bond acceptors (Lipinski definition) is 4. The summed E-state index contributed by atoms with van der Waals surface area (Å²) in [7, 11) is 0. The fourth-order valence-electron chi connectivity index (χ4n) is 2.52. The Morgan fingerprint density at radius 3 is 2.64 bits per heavy atom. The van der Waals surface area contributed by atoms with Crippen molar-refractivity contribution in [2.45, 2.75) is 13.5 Å². The maximum Gasteiger partial charge on any atom is 0.360 e. The van der Waals surface area contributed by atoms with Crippen LogP contribution in [0.25, 0.3) is 10.9 Å². The second-order valence-corrected chi connectivity index (χ2v) is 6.80. The first-order valence-corrected chi connectivity index (χ1v) is 8.99. The monoisotopic (exact) mass is 470 g/mol. The van der Waals surface area contributed by atoms with Gasteiger partial charge in [-0.25, -0.2) is 14.2 Å². The van der Waals surface area contributed by atoms with Crippen molar-refractivity contribution in [3.63, 3.8) is 0 Å². The van der Waals surface area contributed by atoms with Crippen molar-refractivity contribution < 1.29 is 19.0 Å². The van der Waals surface area contributed by atoms with Crippen molar-refractivity contribution in [2.75, 3.05) is 6.61 Å². The Hall–Kier alpha value is -1.93. The van der Waals surface area contributed by atoms with E-state index in [1.165, 1.54) is 18.3 Å². The fraction of sp³-hybridized carbons (Fsp3) is 0.176. The Bertz CT molecular complexity index is 955. The molecule has 2 aromatic heterocycles. The summed E-state index contributed by atoms with van der Waals surface area (Å²) < 4.78 is 21.1. The van der Waals surface area contributed by atoms with E-state index in [1.807, 2.05) is 4.57 Å². The maximum absolute atomic E-state index is 13.1. The molecule has 2 heterocycles. The van der Waals surface area contributed by atoms with Crippen molar-refractivity contribution in [1.82, 2.24) is 9.55 Å². The zero-order valence-electron chi connectivity index (χ0n) is 13.1. The molecule has 3 aromatic rings. The lowest BCUT2D eigenvalue weighted by Gasteiger charge is -2.08. The van der Waals surface area contributed by atoms with E-state index in [2.05, 4.69) is 36.8 Å². The number of rotatable bonds is 4. The largest absolute Gasteiger partial charge is 0.505 e. The number of esters is 1. The van der Waals surface area contributed by atoms with Gasteiger partial charge in [0.1, 0.15) is 10.4 Å². The quantitative estimate of drug-likeness (QED) is 0.563. The van der Waals surface area contributed by atoms with Gasteiger partial charge >= 0.3 is 5.97 Å². The molecule has 1 N–H and O–H groups in total. The van der Waals surface area contributed by atoms with Crippen LogP contribution in [0.4, 0.5) is 4.39 Å². The van der Waals surface area contributed by atoms with E-state index in [9.17, 15) is 14.3 Å². The van der Waals surface area contributed by atoms with Crippen LogP contribution in [0, 0.1) is 5.82 Å². The van der Waals surface area contributed by atoms with Crippen molar-refractivity contribution in [3.8, 4) is 5.75 Å². The predicted molar refractivity (Wildman–Crippen MR) is 98.3 cm³/mol. The minimum Gasteiger partial charge on any atom is -0.505 e. The number of carbonyl (C=O) groups excluding carboxylic acids is 1. The molecule has 0 saturated heterocycles. The van der Waals surface area contributed by atoms with E-state index < -0.39 is 5.97 Å². The van der Waals surface area contributed by atoms with Crippen LogP contribution in [-0.2, 0) is 11.3 Å². The minimum atomic E-state index is -0.684. The van der Waals surface area contributed by atoms with Crippen LogP contribution in [0.3, 0.4) is 0 Å². The second kappa shape index (κ2) is 7.13. The number of aromatic nitrogens is 2. The Labute approximate surface area is 159 Å². The molecule has 1 aromatic carbocycles. The molecule has 0 fully saturated rings. The standard InChI is InChI=1S/C17H13Br2FN2O3/c1-2-25-17(24)14-15(23)12-11(7-21-14)22(16(19)13(12)18)8-9-3-5-10(20)6-4-9/h3-7,23H,2,8H2,1H3.